The third kappa shape index (κ3) is 4.63. The van der Waals surface area contributed by atoms with E-state index >= 15 is 0 Å². The van der Waals surface area contributed by atoms with Gasteiger partial charge in [-0.15, -0.1) is 0 Å². The van der Waals surface area contributed by atoms with Crippen LogP contribution in [0.2, 0.25) is 0 Å². The topological polar surface area (TPSA) is 58.9 Å². The summed E-state index contributed by atoms with van der Waals surface area (Å²) >= 11 is 0. The maximum absolute atomic E-state index is 12.0. The molecule has 114 valence electrons. The Bertz CT molecular complexity index is 439. The van der Waals surface area contributed by atoms with E-state index in [0.29, 0.717) is 6.54 Å². The second-order valence-electron chi connectivity index (χ2n) is 5.42. The number of nitrogens with zero attached hydrogens (tertiary/aromatic N) is 2. The van der Waals surface area contributed by atoms with Crippen molar-refractivity contribution in [2.24, 2.45) is 13.0 Å². The SMILES string of the molecule is CCCNCCNC(=O)C(C)Cc1c(C)nn(C)c1C. The molecule has 1 aromatic heterocycles. The van der Waals surface area contributed by atoms with Gasteiger partial charge in [0.1, 0.15) is 0 Å². The van der Waals surface area contributed by atoms with E-state index in [1.165, 1.54) is 5.56 Å². The van der Waals surface area contributed by atoms with Crippen LogP contribution in [0.15, 0.2) is 0 Å². The highest BCUT2D eigenvalue weighted by molar-refractivity contribution is 5.78. The monoisotopic (exact) mass is 280 g/mol. The number of aryl methyl sites for hydroxylation is 2. The molecule has 0 aliphatic carbocycles. The first-order chi connectivity index (χ1) is 9.47. The van der Waals surface area contributed by atoms with Crippen molar-refractivity contribution in [1.29, 1.82) is 0 Å². The first kappa shape index (κ1) is 16.7. The van der Waals surface area contributed by atoms with Crippen LogP contribution >= 0.6 is 0 Å². The lowest BCUT2D eigenvalue weighted by Gasteiger charge is -2.13. The fraction of sp³-hybridized carbons (Fsp3) is 0.733. The van der Waals surface area contributed by atoms with Crippen LogP contribution < -0.4 is 10.6 Å². The molecule has 0 radical (unpaired) electrons. The molecule has 0 bridgehead atoms. The van der Waals surface area contributed by atoms with Crippen LogP contribution in [0, 0.1) is 19.8 Å². The van der Waals surface area contributed by atoms with E-state index in [1.54, 1.807) is 0 Å². The Hall–Kier alpha value is -1.36. The fourth-order valence-electron chi connectivity index (χ4n) is 2.26. The van der Waals surface area contributed by atoms with Crippen molar-refractivity contribution >= 4 is 5.91 Å². The minimum Gasteiger partial charge on any atom is -0.355 e. The second-order valence-corrected chi connectivity index (χ2v) is 5.42. The van der Waals surface area contributed by atoms with E-state index in [-0.39, 0.29) is 11.8 Å². The highest BCUT2D eigenvalue weighted by atomic mass is 16.1. The number of rotatable bonds is 8. The van der Waals surface area contributed by atoms with Gasteiger partial charge in [-0.3, -0.25) is 9.48 Å². The number of aromatic nitrogens is 2. The molecule has 1 heterocycles. The molecule has 0 fully saturated rings. The van der Waals surface area contributed by atoms with Crippen LogP contribution in [-0.2, 0) is 18.3 Å². The maximum Gasteiger partial charge on any atom is 0.223 e. The third-order valence-electron chi connectivity index (χ3n) is 3.64. The average molecular weight is 280 g/mol. The zero-order valence-electron chi connectivity index (χ0n) is 13.4. The van der Waals surface area contributed by atoms with E-state index in [9.17, 15) is 4.79 Å². The molecule has 5 nitrogen and oxygen atoms in total. The van der Waals surface area contributed by atoms with E-state index in [4.69, 9.17) is 0 Å². The summed E-state index contributed by atoms with van der Waals surface area (Å²) in [4.78, 5) is 12.0. The lowest BCUT2D eigenvalue weighted by molar-refractivity contribution is -0.124. The predicted octanol–water partition coefficient (Wildman–Crippen LogP) is 1.33. The number of carbonyl (C=O) groups excluding carboxylic acids is 1. The summed E-state index contributed by atoms with van der Waals surface area (Å²) in [5.74, 6) is 0.0914. The lowest BCUT2D eigenvalue weighted by atomic mass is 9.99. The van der Waals surface area contributed by atoms with Crippen molar-refractivity contribution in [3.8, 4) is 0 Å². The van der Waals surface area contributed by atoms with Crippen LogP contribution in [0.4, 0.5) is 0 Å². The molecule has 0 spiro atoms. The van der Waals surface area contributed by atoms with Gasteiger partial charge >= 0.3 is 0 Å². The molecule has 0 aliphatic heterocycles. The van der Waals surface area contributed by atoms with Crippen molar-refractivity contribution in [2.75, 3.05) is 19.6 Å². The smallest absolute Gasteiger partial charge is 0.223 e. The number of hydrogen-bond donors (Lipinski definition) is 2. The molecular weight excluding hydrogens is 252 g/mol. The molecule has 5 heteroatoms. The molecule has 1 amide bonds. The van der Waals surface area contributed by atoms with Crippen molar-refractivity contribution in [3.05, 3.63) is 17.0 Å². The summed E-state index contributed by atoms with van der Waals surface area (Å²) in [6.45, 7) is 10.7. The zero-order chi connectivity index (χ0) is 15.1. The van der Waals surface area contributed by atoms with E-state index in [1.807, 2.05) is 25.6 Å². The molecule has 0 saturated carbocycles. The zero-order valence-corrected chi connectivity index (χ0v) is 13.4. The molecule has 0 aromatic carbocycles. The number of nitrogens with one attached hydrogen (secondary N) is 2. The Morgan fingerprint density at radius 3 is 2.55 bits per heavy atom. The second kappa shape index (κ2) is 8.04. The van der Waals surface area contributed by atoms with Gasteiger partial charge in [-0.05, 0) is 38.8 Å². The van der Waals surface area contributed by atoms with Crippen LogP contribution in [0.1, 0.15) is 37.2 Å². The lowest BCUT2D eigenvalue weighted by Crippen LogP contribution is -2.35. The summed E-state index contributed by atoms with van der Waals surface area (Å²) in [5, 5.41) is 10.6. The molecular formula is C15H28N4O. The fourth-order valence-corrected chi connectivity index (χ4v) is 2.26. The predicted molar refractivity (Wildman–Crippen MR) is 81.7 cm³/mol. The van der Waals surface area contributed by atoms with Crippen LogP contribution in [0.5, 0.6) is 0 Å². The van der Waals surface area contributed by atoms with Gasteiger partial charge < -0.3 is 10.6 Å². The Labute approximate surface area is 122 Å². The Morgan fingerprint density at radius 1 is 1.30 bits per heavy atom. The first-order valence-corrected chi connectivity index (χ1v) is 7.44. The Morgan fingerprint density at radius 2 is 2.00 bits per heavy atom. The number of hydrogen-bond acceptors (Lipinski definition) is 3. The van der Waals surface area contributed by atoms with Gasteiger partial charge in [-0.25, -0.2) is 0 Å². The maximum atomic E-state index is 12.0. The van der Waals surface area contributed by atoms with Crippen molar-refractivity contribution < 1.29 is 4.79 Å². The number of amides is 1. The van der Waals surface area contributed by atoms with Gasteiger partial charge in [0.15, 0.2) is 0 Å². The molecule has 2 N–H and O–H groups in total. The minimum absolute atomic E-state index is 0.0252. The summed E-state index contributed by atoms with van der Waals surface area (Å²) < 4.78 is 1.88. The quantitative estimate of drug-likeness (QED) is 0.706. The first-order valence-electron chi connectivity index (χ1n) is 7.44. The standard InChI is InChI=1S/C15H28N4O/c1-6-7-16-8-9-17-15(20)11(2)10-14-12(3)18-19(5)13(14)4/h11,16H,6-10H2,1-5H3,(H,17,20). The Balaban J connectivity index is 2.41. The largest absolute Gasteiger partial charge is 0.355 e. The van der Waals surface area contributed by atoms with Crippen molar-refractivity contribution in [3.63, 3.8) is 0 Å². The summed E-state index contributed by atoms with van der Waals surface area (Å²) in [5.41, 5.74) is 3.36. The van der Waals surface area contributed by atoms with Crippen LogP contribution in [0.3, 0.4) is 0 Å². The third-order valence-corrected chi connectivity index (χ3v) is 3.64. The van der Waals surface area contributed by atoms with E-state index < -0.39 is 0 Å². The van der Waals surface area contributed by atoms with Crippen molar-refractivity contribution in [2.45, 2.75) is 40.5 Å². The summed E-state index contributed by atoms with van der Waals surface area (Å²) in [6.07, 6.45) is 1.86. The highest BCUT2D eigenvalue weighted by Gasteiger charge is 2.17. The summed E-state index contributed by atoms with van der Waals surface area (Å²) in [6, 6.07) is 0. The molecule has 1 rings (SSSR count). The normalized spacial score (nSPS) is 12.4. The van der Waals surface area contributed by atoms with Crippen molar-refractivity contribution in [1.82, 2.24) is 20.4 Å². The molecule has 0 aliphatic rings. The minimum atomic E-state index is -0.0252. The van der Waals surface area contributed by atoms with Crippen LogP contribution in [0.25, 0.3) is 0 Å². The van der Waals surface area contributed by atoms with Gasteiger partial charge in [-0.2, -0.15) is 5.10 Å². The van der Waals surface area contributed by atoms with Gasteiger partial charge in [0.2, 0.25) is 5.91 Å². The summed E-state index contributed by atoms with van der Waals surface area (Å²) in [7, 11) is 1.94. The van der Waals surface area contributed by atoms with E-state index in [0.717, 1.165) is 37.3 Å². The highest BCUT2D eigenvalue weighted by Crippen LogP contribution is 2.16. The molecule has 20 heavy (non-hydrogen) atoms. The van der Waals surface area contributed by atoms with Gasteiger partial charge in [0.25, 0.3) is 0 Å². The van der Waals surface area contributed by atoms with Gasteiger partial charge in [0, 0.05) is 31.7 Å². The van der Waals surface area contributed by atoms with Crippen LogP contribution in [-0.4, -0.2) is 35.3 Å². The van der Waals surface area contributed by atoms with Gasteiger partial charge in [-0.1, -0.05) is 13.8 Å². The van der Waals surface area contributed by atoms with Gasteiger partial charge in [0.05, 0.1) is 5.69 Å². The van der Waals surface area contributed by atoms with E-state index in [2.05, 4.69) is 29.6 Å². The molecule has 1 aromatic rings. The average Bonchev–Trinajstić information content (AvgIpc) is 2.64. The molecule has 1 atom stereocenters. The number of carbonyl (C=O) groups is 1. The molecule has 1 unspecified atom stereocenters. The Kier molecular flexibility index (Phi) is 6.71. The molecule has 0 saturated heterocycles.